The van der Waals surface area contributed by atoms with Crippen LogP contribution in [-0.4, -0.2) is 13.1 Å². The molecule has 1 fully saturated rings. The van der Waals surface area contributed by atoms with Crippen molar-refractivity contribution in [1.29, 1.82) is 0 Å². The molecule has 88 valence electrons. The van der Waals surface area contributed by atoms with Gasteiger partial charge in [0, 0.05) is 24.3 Å². The Morgan fingerprint density at radius 3 is 3.00 bits per heavy atom. The number of halogens is 2. The zero-order valence-electron chi connectivity index (χ0n) is 9.55. The molecule has 1 unspecified atom stereocenters. The van der Waals surface area contributed by atoms with Gasteiger partial charge in [-0.05, 0) is 30.9 Å². The molecule has 1 aliphatic heterocycles. The topological polar surface area (TPSA) is 3.24 Å². The summed E-state index contributed by atoms with van der Waals surface area (Å²) in [7, 11) is 0. The average Bonchev–Trinajstić information content (AvgIpc) is 2.28. The van der Waals surface area contributed by atoms with Crippen molar-refractivity contribution in [3.8, 4) is 0 Å². The van der Waals surface area contributed by atoms with Crippen molar-refractivity contribution >= 4 is 17.3 Å². The number of hydrogen-bond donors (Lipinski definition) is 0. The second-order valence-corrected chi connectivity index (χ2v) is 4.83. The van der Waals surface area contributed by atoms with Crippen molar-refractivity contribution in [2.75, 3.05) is 18.0 Å². The van der Waals surface area contributed by atoms with E-state index in [0.717, 1.165) is 18.8 Å². The average molecular weight is 242 g/mol. The highest BCUT2D eigenvalue weighted by atomic mass is 35.5. The molecule has 2 rings (SSSR count). The van der Waals surface area contributed by atoms with Crippen molar-refractivity contribution in [2.24, 2.45) is 5.92 Å². The van der Waals surface area contributed by atoms with Gasteiger partial charge in [-0.1, -0.05) is 13.0 Å². The van der Waals surface area contributed by atoms with E-state index in [0.29, 0.717) is 11.5 Å². The first-order valence-corrected chi connectivity index (χ1v) is 6.34. The van der Waals surface area contributed by atoms with Gasteiger partial charge in [-0.15, -0.1) is 11.6 Å². The lowest BCUT2D eigenvalue weighted by Crippen LogP contribution is -2.34. The third-order valence-corrected chi connectivity index (χ3v) is 3.49. The number of rotatable bonds is 2. The van der Waals surface area contributed by atoms with E-state index in [4.69, 9.17) is 11.6 Å². The minimum Gasteiger partial charge on any atom is -0.371 e. The van der Waals surface area contributed by atoms with Crippen LogP contribution in [0.15, 0.2) is 18.2 Å². The Morgan fingerprint density at radius 1 is 1.50 bits per heavy atom. The normalized spacial score (nSPS) is 21.2. The molecule has 0 aromatic heterocycles. The summed E-state index contributed by atoms with van der Waals surface area (Å²) in [4.78, 5) is 2.26. The maximum Gasteiger partial charge on any atom is 0.129 e. The smallest absolute Gasteiger partial charge is 0.129 e. The van der Waals surface area contributed by atoms with Gasteiger partial charge in [0.25, 0.3) is 0 Å². The first-order valence-electron chi connectivity index (χ1n) is 5.80. The van der Waals surface area contributed by atoms with Gasteiger partial charge in [0.15, 0.2) is 0 Å². The quantitative estimate of drug-likeness (QED) is 0.712. The lowest BCUT2D eigenvalue weighted by molar-refractivity contribution is 0.445. The molecule has 1 aliphatic rings. The van der Waals surface area contributed by atoms with Crippen LogP contribution in [0.4, 0.5) is 10.1 Å². The highest BCUT2D eigenvalue weighted by Gasteiger charge is 2.19. The first kappa shape index (κ1) is 11.7. The molecular weight excluding hydrogens is 225 g/mol. The van der Waals surface area contributed by atoms with Crippen LogP contribution >= 0.6 is 11.6 Å². The molecule has 0 saturated carbocycles. The Balaban J connectivity index is 2.28. The van der Waals surface area contributed by atoms with Crippen LogP contribution in [0, 0.1) is 11.7 Å². The third kappa shape index (κ3) is 2.32. The van der Waals surface area contributed by atoms with Gasteiger partial charge >= 0.3 is 0 Å². The number of piperidine rings is 1. The summed E-state index contributed by atoms with van der Waals surface area (Å²) in [5.41, 5.74) is 1.61. The van der Waals surface area contributed by atoms with E-state index < -0.39 is 0 Å². The Kier molecular flexibility index (Phi) is 3.70. The summed E-state index contributed by atoms with van der Waals surface area (Å²) in [6.45, 7) is 4.26. The van der Waals surface area contributed by atoms with E-state index in [1.165, 1.54) is 18.9 Å². The van der Waals surface area contributed by atoms with Crippen LogP contribution in [0.3, 0.4) is 0 Å². The molecule has 1 atom stereocenters. The van der Waals surface area contributed by atoms with Crippen LogP contribution in [0.5, 0.6) is 0 Å². The first-order chi connectivity index (χ1) is 7.72. The largest absolute Gasteiger partial charge is 0.371 e. The van der Waals surface area contributed by atoms with Gasteiger partial charge in [-0.25, -0.2) is 4.39 Å². The summed E-state index contributed by atoms with van der Waals surface area (Å²) < 4.78 is 13.6. The monoisotopic (exact) mass is 241 g/mol. The fraction of sp³-hybridized carbons (Fsp3) is 0.538. The molecule has 1 aromatic rings. The molecular formula is C13H17ClFN. The van der Waals surface area contributed by atoms with Gasteiger partial charge in [-0.2, -0.15) is 0 Å². The summed E-state index contributed by atoms with van der Waals surface area (Å²) in [6.07, 6.45) is 2.45. The van der Waals surface area contributed by atoms with Crippen molar-refractivity contribution in [2.45, 2.75) is 25.6 Å². The van der Waals surface area contributed by atoms with E-state index in [-0.39, 0.29) is 11.7 Å². The van der Waals surface area contributed by atoms with Gasteiger partial charge < -0.3 is 4.90 Å². The molecule has 1 aromatic carbocycles. The van der Waals surface area contributed by atoms with Crippen LogP contribution in [0.1, 0.15) is 25.3 Å². The van der Waals surface area contributed by atoms with Gasteiger partial charge in [0.05, 0.1) is 5.88 Å². The van der Waals surface area contributed by atoms with E-state index in [1.807, 2.05) is 6.07 Å². The van der Waals surface area contributed by atoms with Gasteiger partial charge in [-0.3, -0.25) is 0 Å². The molecule has 0 radical (unpaired) electrons. The molecule has 0 N–H and O–H groups in total. The maximum absolute atomic E-state index is 13.6. The summed E-state index contributed by atoms with van der Waals surface area (Å²) in [6, 6.07) is 5.22. The van der Waals surface area contributed by atoms with Gasteiger partial charge in [0.1, 0.15) is 5.82 Å². The van der Waals surface area contributed by atoms with Gasteiger partial charge in [0.2, 0.25) is 0 Å². The summed E-state index contributed by atoms with van der Waals surface area (Å²) >= 11 is 5.83. The zero-order chi connectivity index (χ0) is 11.5. The van der Waals surface area contributed by atoms with E-state index in [1.54, 1.807) is 6.07 Å². The number of hydrogen-bond acceptors (Lipinski definition) is 1. The van der Waals surface area contributed by atoms with Crippen LogP contribution < -0.4 is 4.90 Å². The molecule has 0 aliphatic carbocycles. The third-order valence-electron chi connectivity index (χ3n) is 3.23. The van der Waals surface area contributed by atoms with Crippen molar-refractivity contribution < 1.29 is 4.39 Å². The number of anilines is 1. The molecule has 0 spiro atoms. The Labute approximate surface area is 101 Å². The summed E-state index contributed by atoms with van der Waals surface area (Å²) in [5.74, 6) is 0.735. The predicted octanol–water partition coefficient (Wildman–Crippen LogP) is 3.80. The van der Waals surface area contributed by atoms with Crippen LogP contribution in [0.25, 0.3) is 0 Å². The Morgan fingerprint density at radius 2 is 2.31 bits per heavy atom. The van der Waals surface area contributed by atoms with Crippen molar-refractivity contribution in [1.82, 2.24) is 0 Å². The molecule has 0 amide bonds. The minimum atomic E-state index is -0.189. The molecule has 3 heteroatoms. The fourth-order valence-electron chi connectivity index (χ4n) is 2.38. The van der Waals surface area contributed by atoms with Crippen molar-refractivity contribution in [3.63, 3.8) is 0 Å². The number of benzene rings is 1. The Bertz CT molecular complexity index is 367. The molecule has 1 saturated heterocycles. The van der Waals surface area contributed by atoms with E-state index in [9.17, 15) is 4.39 Å². The fourth-order valence-corrected chi connectivity index (χ4v) is 2.65. The lowest BCUT2D eigenvalue weighted by atomic mass is 9.99. The van der Waals surface area contributed by atoms with Crippen LogP contribution in [0.2, 0.25) is 0 Å². The van der Waals surface area contributed by atoms with E-state index in [2.05, 4.69) is 11.8 Å². The molecule has 1 heterocycles. The standard InChI is InChI=1S/C13H17ClFN/c1-10-4-3-7-16(9-10)13-6-2-5-12(15)11(13)8-14/h2,5-6,10H,3-4,7-9H2,1H3. The molecule has 0 bridgehead atoms. The second-order valence-electron chi connectivity index (χ2n) is 4.56. The zero-order valence-corrected chi connectivity index (χ0v) is 10.3. The van der Waals surface area contributed by atoms with E-state index >= 15 is 0 Å². The number of nitrogens with zero attached hydrogens (tertiary/aromatic N) is 1. The highest BCUT2D eigenvalue weighted by Crippen LogP contribution is 2.28. The predicted molar refractivity (Wildman–Crippen MR) is 66.6 cm³/mol. The second kappa shape index (κ2) is 5.05. The highest BCUT2D eigenvalue weighted by molar-refractivity contribution is 6.17. The maximum atomic E-state index is 13.6. The van der Waals surface area contributed by atoms with Crippen LogP contribution in [-0.2, 0) is 5.88 Å². The SMILES string of the molecule is CC1CCCN(c2cccc(F)c2CCl)C1. The van der Waals surface area contributed by atoms with Crippen molar-refractivity contribution in [3.05, 3.63) is 29.6 Å². The number of alkyl halides is 1. The summed E-state index contributed by atoms with van der Waals surface area (Å²) in [5, 5.41) is 0. The lowest BCUT2D eigenvalue weighted by Gasteiger charge is -2.34. The minimum absolute atomic E-state index is 0.189. The Hall–Kier alpha value is -0.760. The molecule has 1 nitrogen and oxygen atoms in total. The molecule has 16 heavy (non-hydrogen) atoms.